The van der Waals surface area contributed by atoms with Gasteiger partial charge >= 0.3 is 6.18 Å². The summed E-state index contributed by atoms with van der Waals surface area (Å²) < 4.78 is 37.3. The third kappa shape index (κ3) is 6.94. The third-order valence-corrected chi connectivity index (χ3v) is 4.50. The molecule has 140 valence electrons. The van der Waals surface area contributed by atoms with Gasteiger partial charge in [0.25, 0.3) is 0 Å². The number of hydrogen-bond donors (Lipinski definition) is 2. The molecule has 2 rings (SSSR count). The number of nitrogens with one attached hydrogen (secondary N) is 2. The van der Waals surface area contributed by atoms with E-state index in [0.29, 0.717) is 31.5 Å². The van der Waals surface area contributed by atoms with Crippen molar-refractivity contribution in [3.8, 4) is 0 Å². The molecule has 0 bridgehead atoms. The lowest BCUT2D eigenvalue weighted by Crippen LogP contribution is -2.41. The number of halogens is 3. The molecule has 25 heavy (non-hydrogen) atoms. The summed E-state index contributed by atoms with van der Waals surface area (Å²) >= 11 is 0. The van der Waals surface area contributed by atoms with E-state index in [0.717, 1.165) is 13.0 Å². The van der Waals surface area contributed by atoms with Gasteiger partial charge < -0.3 is 10.6 Å². The first-order valence-electron chi connectivity index (χ1n) is 8.66. The number of guanidine groups is 1. The largest absolute Gasteiger partial charge is 0.401 e. The molecule has 0 saturated carbocycles. The Morgan fingerprint density at radius 3 is 2.64 bits per heavy atom. The van der Waals surface area contributed by atoms with Crippen molar-refractivity contribution in [2.45, 2.75) is 25.4 Å². The van der Waals surface area contributed by atoms with Crippen molar-refractivity contribution in [1.29, 1.82) is 0 Å². The molecule has 1 aliphatic heterocycles. The maximum absolute atomic E-state index is 12.4. The third-order valence-electron chi connectivity index (χ3n) is 4.50. The summed E-state index contributed by atoms with van der Waals surface area (Å²) in [6, 6.07) is 10.2. The lowest BCUT2D eigenvalue weighted by molar-refractivity contribution is -0.143. The zero-order valence-electron chi connectivity index (χ0n) is 14.8. The Morgan fingerprint density at radius 1 is 1.28 bits per heavy atom. The summed E-state index contributed by atoms with van der Waals surface area (Å²) in [7, 11) is 1.70. The average molecular weight is 356 g/mol. The van der Waals surface area contributed by atoms with Crippen LogP contribution in [0.25, 0.3) is 0 Å². The highest BCUT2D eigenvalue weighted by Crippen LogP contribution is 2.22. The van der Waals surface area contributed by atoms with E-state index in [4.69, 9.17) is 0 Å². The molecule has 1 saturated heterocycles. The Labute approximate surface area is 147 Å². The van der Waals surface area contributed by atoms with Crippen molar-refractivity contribution >= 4 is 5.96 Å². The normalized spacial score (nSPS) is 20.5. The minimum absolute atomic E-state index is 0.215. The number of aliphatic imine (C=N–C) groups is 1. The summed E-state index contributed by atoms with van der Waals surface area (Å²) in [4.78, 5) is 5.67. The molecule has 1 fully saturated rings. The Morgan fingerprint density at radius 2 is 2.00 bits per heavy atom. The van der Waals surface area contributed by atoms with E-state index in [2.05, 4.69) is 34.7 Å². The number of hydrogen-bond acceptors (Lipinski definition) is 2. The number of likely N-dealkylation sites (tertiary alicyclic amines) is 1. The fourth-order valence-corrected chi connectivity index (χ4v) is 3.09. The Hall–Kier alpha value is -1.76. The van der Waals surface area contributed by atoms with E-state index < -0.39 is 12.7 Å². The molecule has 1 aliphatic rings. The van der Waals surface area contributed by atoms with E-state index >= 15 is 0 Å². The average Bonchev–Trinajstić information content (AvgIpc) is 3.01. The molecule has 2 atom stereocenters. The van der Waals surface area contributed by atoms with Crippen LogP contribution in [0.5, 0.6) is 0 Å². The Kier molecular flexibility index (Phi) is 7.11. The highest BCUT2D eigenvalue weighted by Gasteiger charge is 2.34. The number of alkyl halides is 3. The van der Waals surface area contributed by atoms with Crippen LogP contribution in [0, 0.1) is 5.92 Å². The van der Waals surface area contributed by atoms with Crippen LogP contribution < -0.4 is 10.6 Å². The van der Waals surface area contributed by atoms with Gasteiger partial charge in [-0.2, -0.15) is 13.2 Å². The van der Waals surface area contributed by atoms with Crippen molar-refractivity contribution in [1.82, 2.24) is 15.5 Å². The molecule has 0 radical (unpaired) electrons. The van der Waals surface area contributed by atoms with Crippen LogP contribution in [0.1, 0.15) is 24.8 Å². The lowest BCUT2D eigenvalue weighted by Gasteiger charge is -2.19. The summed E-state index contributed by atoms with van der Waals surface area (Å²) in [5.41, 5.74) is 1.25. The fourth-order valence-electron chi connectivity index (χ4n) is 3.09. The summed E-state index contributed by atoms with van der Waals surface area (Å²) in [5.74, 6) is 1.25. The molecule has 7 heteroatoms. The molecule has 2 N–H and O–H groups in total. The highest BCUT2D eigenvalue weighted by molar-refractivity contribution is 5.79. The molecule has 1 aromatic rings. The number of nitrogens with zero attached hydrogens (tertiary/aromatic N) is 2. The molecule has 4 nitrogen and oxygen atoms in total. The molecular formula is C18H27F3N4. The van der Waals surface area contributed by atoms with E-state index in [1.165, 1.54) is 10.5 Å². The lowest BCUT2D eigenvalue weighted by atomic mass is 10.0. The topological polar surface area (TPSA) is 39.7 Å². The maximum Gasteiger partial charge on any atom is 0.401 e. The van der Waals surface area contributed by atoms with E-state index in [-0.39, 0.29) is 5.92 Å². The first-order valence-corrected chi connectivity index (χ1v) is 8.66. The van der Waals surface area contributed by atoms with Gasteiger partial charge in [-0.3, -0.25) is 9.89 Å². The summed E-state index contributed by atoms with van der Waals surface area (Å²) in [5, 5.41) is 6.52. The van der Waals surface area contributed by atoms with Gasteiger partial charge in [0.2, 0.25) is 0 Å². The quantitative estimate of drug-likeness (QED) is 0.608. The Bertz CT molecular complexity index is 545. The van der Waals surface area contributed by atoms with E-state index in [1.54, 1.807) is 7.05 Å². The van der Waals surface area contributed by atoms with Gasteiger partial charge in [-0.1, -0.05) is 37.3 Å². The van der Waals surface area contributed by atoms with Crippen LogP contribution in [0.15, 0.2) is 35.3 Å². The van der Waals surface area contributed by atoms with Crippen molar-refractivity contribution in [3.63, 3.8) is 0 Å². The monoisotopic (exact) mass is 356 g/mol. The molecule has 0 aliphatic carbocycles. The van der Waals surface area contributed by atoms with E-state index in [9.17, 15) is 13.2 Å². The van der Waals surface area contributed by atoms with Crippen LogP contribution in [-0.4, -0.2) is 56.8 Å². The first kappa shape index (κ1) is 19.6. The second kappa shape index (κ2) is 9.08. The predicted molar refractivity (Wildman–Crippen MR) is 94.8 cm³/mol. The number of benzene rings is 1. The smallest absolute Gasteiger partial charge is 0.356 e. The second-order valence-electron chi connectivity index (χ2n) is 6.65. The zero-order valence-corrected chi connectivity index (χ0v) is 14.8. The molecule has 0 aromatic heterocycles. The molecule has 0 spiro atoms. The van der Waals surface area contributed by atoms with Crippen molar-refractivity contribution in [3.05, 3.63) is 35.9 Å². The molecule has 1 aromatic carbocycles. The van der Waals surface area contributed by atoms with Crippen molar-refractivity contribution in [2.24, 2.45) is 10.9 Å². The van der Waals surface area contributed by atoms with Crippen molar-refractivity contribution in [2.75, 3.05) is 39.8 Å². The standard InChI is InChI=1S/C18H27F3N4/c1-14(16-6-4-3-5-7-16)10-23-17(22-2)24-11-15-8-9-25(12-15)13-18(19,20)21/h3-7,14-15H,8-13H2,1-2H3,(H2,22,23,24). The zero-order chi connectivity index (χ0) is 18.3. The van der Waals surface area contributed by atoms with Crippen LogP contribution in [-0.2, 0) is 0 Å². The molecule has 0 amide bonds. The van der Waals surface area contributed by atoms with Gasteiger partial charge in [-0.15, -0.1) is 0 Å². The highest BCUT2D eigenvalue weighted by atomic mass is 19.4. The summed E-state index contributed by atoms with van der Waals surface area (Å²) in [6.07, 6.45) is -3.34. The first-order chi connectivity index (χ1) is 11.9. The van der Waals surface area contributed by atoms with Crippen LogP contribution in [0.3, 0.4) is 0 Å². The molecular weight excluding hydrogens is 329 g/mol. The van der Waals surface area contributed by atoms with Crippen LogP contribution in [0.2, 0.25) is 0 Å². The SMILES string of the molecule is CN=C(NCC1CCN(CC(F)(F)F)C1)NCC(C)c1ccccc1. The van der Waals surface area contributed by atoms with Gasteiger partial charge in [-0.05, 0) is 30.4 Å². The maximum atomic E-state index is 12.4. The summed E-state index contributed by atoms with van der Waals surface area (Å²) in [6.45, 7) is 3.68. The Balaban J connectivity index is 1.70. The minimum atomic E-state index is -4.12. The van der Waals surface area contributed by atoms with Crippen LogP contribution >= 0.6 is 0 Å². The predicted octanol–water partition coefficient (Wildman–Crippen LogP) is 2.84. The minimum Gasteiger partial charge on any atom is -0.356 e. The van der Waals surface area contributed by atoms with Gasteiger partial charge in [0.1, 0.15) is 0 Å². The van der Waals surface area contributed by atoms with Gasteiger partial charge in [0.05, 0.1) is 6.54 Å². The van der Waals surface area contributed by atoms with Gasteiger partial charge in [-0.25, -0.2) is 0 Å². The van der Waals surface area contributed by atoms with Crippen molar-refractivity contribution < 1.29 is 13.2 Å². The number of rotatable bonds is 6. The molecule has 2 unspecified atom stereocenters. The van der Waals surface area contributed by atoms with Crippen LogP contribution in [0.4, 0.5) is 13.2 Å². The van der Waals surface area contributed by atoms with E-state index in [1.807, 2.05) is 18.2 Å². The molecule has 1 heterocycles. The second-order valence-corrected chi connectivity index (χ2v) is 6.65. The van der Waals surface area contributed by atoms with Gasteiger partial charge in [0.15, 0.2) is 5.96 Å². The van der Waals surface area contributed by atoms with Gasteiger partial charge in [0, 0.05) is 26.7 Å². The fraction of sp³-hybridized carbons (Fsp3) is 0.611.